The van der Waals surface area contributed by atoms with Crippen LogP contribution >= 0.6 is 0 Å². The lowest BCUT2D eigenvalue weighted by Crippen LogP contribution is -2.29. The minimum Gasteiger partial charge on any atom is -0.369 e. The fourth-order valence-electron chi connectivity index (χ4n) is 2.84. The van der Waals surface area contributed by atoms with Crippen molar-refractivity contribution in [1.82, 2.24) is 15.0 Å². The monoisotopic (exact) mass is 291 g/mol. The second-order valence-electron chi connectivity index (χ2n) is 5.54. The third-order valence-electron chi connectivity index (χ3n) is 4.10. The molecule has 3 heterocycles. The summed E-state index contributed by atoms with van der Waals surface area (Å²) in [7, 11) is 1.79. The molecule has 0 bridgehead atoms. The van der Waals surface area contributed by atoms with Crippen molar-refractivity contribution in [1.29, 1.82) is 0 Å². The summed E-state index contributed by atoms with van der Waals surface area (Å²) in [6.07, 6.45) is 3.10. The molecule has 1 amide bonds. The molecule has 114 valence electrons. The third-order valence-corrected chi connectivity index (χ3v) is 4.10. The Labute approximate surface area is 123 Å². The zero-order chi connectivity index (χ0) is 14.8. The van der Waals surface area contributed by atoms with Crippen molar-refractivity contribution < 1.29 is 4.79 Å². The maximum absolute atomic E-state index is 11.3. The lowest BCUT2D eigenvalue weighted by atomic mass is 10.1. The van der Waals surface area contributed by atoms with E-state index in [2.05, 4.69) is 25.2 Å². The Morgan fingerprint density at radius 2 is 1.81 bits per heavy atom. The number of hydrogen-bond donors (Lipinski definition) is 2. The topological polar surface area (TPSA) is 100 Å². The van der Waals surface area contributed by atoms with Crippen LogP contribution in [0.2, 0.25) is 0 Å². The van der Waals surface area contributed by atoms with E-state index in [-0.39, 0.29) is 11.8 Å². The predicted octanol–water partition coefficient (Wildman–Crippen LogP) is -0.175. The minimum atomic E-state index is -0.250. The number of aromatic nitrogens is 3. The zero-order valence-electron chi connectivity index (χ0n) is 12.2. The summed E-state index contributed by atoms with van der Waals surface area (Å²) in [5, 5.41) is 2.98. The van der Waals surface area contributed by atoms with Gasteiger partial charge in [0.15, 0.2) is 0 Å². The molecule has 3 rings (SSSR count). The second kappa shape index (κ2) is 5.71. The molecule has 0 aliphatic carbocycles. The van der Waals surface area contributed by atoms with Crippen LogP contribution in [0.25, 0.3) is 0 Å². The number of primary amides is 1. The quantitative estimate of drug-likeness (QED) is 0.794. The molecular formula is C13H21N7O. The molecule has 0 radical (unpaired) electrons. The standard InChI is InChI=1S/C13H21N7O/c1-15-11-16-12(19-5-2-3-6-19)18-13(17-11)20-7-4-9(8-20)10(14)21/h9H,2-8H2,1H3,(H2,14,21)(H,15,16,17,18). The first-order valence-corrected chi connectivity index (χ1v) is 7.40. The summed E-state index contributed by atoms with van der Waals surface area (Å²) in [4.78, 5) is 28.9. The largest absolute Gasteiger partial charge is 0.369 e. The maximum Gasteiger partial charge on any atom is 0.231 e. The zero-order valence-corrected chi connectivity index (χ0v) is 12.2. The van der Waals surface area contributed by atoms with Crippen LogP contribution in [0.3, 0.4) is 0 Å². The number of amides is 1. The Morgan fingerprint density at radius 3 is 2.38 bits per heavy atom. The number of nitrogens with two attached hydrogens (primary N) is 1. The molecule has 3 N–H and O–H groups in total. The molecule has 0 spiro atoms. The lowest BCUT2D eigenvalue weighted by Gasteiger charge is -2.20. The van der Waals surface area contributed by atoms with E-state index in [0.29, 0.717) is 24.4 Å². The van der Waals surface area contributed by atoms with Gasteiger partial charge >= 0.3 is 0 Å². The van der Waals surface area contributed by atoms with Gasteiger partial charge in [-0.05, 0) is 19.3 Å². The molecule has 1 unspecified atom stereocenters. The first-order valence-electron chi connectivity index (χ1n) is 7.40. The Kier molecular flexibility index (Phi) is 3.76. The van der Waals surface area contributed by atoms with Gasteiger partial charge in [0, 0.05) is 33.2 Å². The average molecular weight is 291 g/mol. The van der Waals surface area contributed by atoms with E-state index in [9.17, 15) is 4.79 Å². The van der Waals surface area contributed by atoms with Gasteiger partial charge in [-0.25, -0.2) is 0 Å². The van der Waals surface area contributed by atoms with Crippen LogP contribution in [0, 0.1) is 5.92 Å². The van der Waals surface area contributed by atoms with Gasteiger partial charge in [0.25, 0.3) is 0 Å². The molecule has 2 saturated heterocycles. The van der Waals surface area contributed by atoms with Crippen molar-refractivity contribution in [2.45, 2.75) is 19.3 Å². The number of rotatable bonds is 4. The molecule has 8 heteroatoms. The normalized spacial score (nSPS) is 21.9. The number of carbonyl (C=O) groups is 1. The van der Waals surface area contributed by atoms with Crippen molar-refractivity contribution in [2.75, 3.05) is 48.3 Å². The van der Waals surface area contributed by atoms with Crippen LogP contribution < -0.4 is 20.9 Å². The van der Waals surface area contributed by atoms with Gasteiger partial charge < -0.3 is 20.9 Å². The maximum atomic E-state index is 11.3. The molecule has 2 aliphatic rings. The van der Waals surface area contributed by atoms with Gasteiger partial charge in [0.2, 0.25) is 23.8 Å². The molecule has 0 saturated carbocycles. The van der Waals surface area contributed by atoms with E-state index in [0.717, 1.165) is 26.1 Å². The highest BCUT2D eigenvalue weighted by molar-refractivity contribution is 5.78. The Bertz CT molecular complexity index is 529. The Balaban J connectivity index is 1.84. The molecule has 2 aliphatic heterocycles. The SMILES string of the molecule is CNc1nc(N2CCCC2)nc(N2CCC(C(N)=O)C2)n1. The number of anilines is 3. The van der Waals surface area contributed by atoms with Gasteiger partial charge in [-0.3, -0.25) is 4.79 Å². The average Bonchev–Trinajstić information content (AvgIpc) is 3.18. The van der Waals surface area contributed by atoms with Crippen LogP contribution in [-0.4, -0.2) is 54.1 Å². The molecule has 1 aromatic rings. The van der Waals surface area contributed by atoms with Crippen LogP contribution in [0.15, 0.2) is 0 Å². The van der Waals surface area contributed by atoms with Crippen molar-refractivity contribution in [3.05, 3.63) is 0 Å². The summed E-state index contributed by atoms with van der Waals surface area (Å²) < 4.78 is 0. The molecule has 21 heavy (non-hydrogen) atoms. The Morgan fingerprint density at radius 1 is 1.14 bits per heavy atom. The highest BCUT2D eigenvalue weighted by Crippen LogP contribution is 2.24. The number of hydrogen-bond acceptors (Lipinski definition) is 7. The van der Waals surface area contributed by atoms with Crippen molar-refractivity contribution >= 4 is 23.8 Å². The highest BCUT2D eigenvalue weighted by atomic mass is 16.1. The van der Waals surface area contributed by atoms with E-state index in [1.54, 1.807) is 7.05 Å². The fraction of sp³-hybridized carbons (Fsp3) is 0.692. The van der Waals surface area contributed by atoms with E-state index in [1.165, 1.54) is 12.8 Å². The number of nitrogens with zero attached hydrogens (tertiary/aromatic N) is 5. The van der Waals surface area contributed by atoms with E-state index < -0.39 is 0 Å². The van der Waals surface area contributed by atoms with Gasteiger partial charge in [-0.1, -0.05) is 0 Å². The number of nitrogens with one attached hydrogen (secondary N) is 1. The van der Waals surface area contributed by atoms with Crippen molar-refractivity contribution in [3.63, 3.8) is 0 Å². The molecule has 0 aromatic carbocycles. The highest BCUT2D eigenvalue weighted by Gasteiger charge is 2.29. The lowest BCUT2D eigenvalue weighted by molar-refractivity contribution is -0.121. The van der Waals surface area contributed by atoms with Gasteiger partial charge in [0.1, 0.15) is 0 Å². The van der Waals surface area contributed by atoms with E-state index >= 15 is 0 Å². The molecule has 1 atom stereocenters. The molecule has 2 fully saturated rings. The van der Waals surface area contributed by atoms with Crippen LogP contribution in [0.1, 0.15) is 19.3 Å². The van der Waals surface area contributed by atoms with Crippen LogP contribution in [-0.2, 0) is 4.79 Å². The second-order valence-corrected chi connectivity index (χ2v) is 5.54. The first-order chi connectivity index (χ1) is 10.2. The van der Waals surface area contributed by atoms with Gasteiger partial charge in [0.05, 0.1) is 5.92 Å². The predicted molar refractivity (Wildman–Crippen MR) is 80.3 cm³/mol. The van der Waals surface area contributed by atoms with Crippen LogP contribution in [0.5, 0.6) is 0 Å². The fourth-order valence-corrected chi connectivity index (χ4v) is 2.84. The van der Waals surface area contributed by atoms with Crippen molar-refractivity contribution in [3.8, 4) is 0 Å². The summed E-state index contributed by atoms with van der Waals surface area (Å²) in [5.41, 5.74) is 5.38. The van der Waals surface area contributed by atoms with Gasteiger partial charge in [-0.2, -0.15) is 15.0 Å². The van der Waals surface area contributed by atoms with Crippen LogP contribution in [0.4, 0.5) is 17.8 Å². The molecule has 1 aromatic heterocycles. The van der Waals surface area contributed by atoms with Gasteiger partial charge in [-0.15, -0.1) is 0 Å². The minimum absolute atomic E-state index is 0.116. The summed E-state index contributed by atoms with van der Waals surface area (Å²) in [5.74, 6) is 1.53. The molecule has 8 nitrogen and oxygen atoms in total. The summed E-state index contributed by atoms with van der Waals surface area (Å²) in [6.45, 7) is 3.30. The summed E-state index contributed by atoms with van der Waals surface area (Å²) in [6, 6.07) is 0. The summed E-state index contributed by atoms with van der Waals surface area (Å²) >= 11 is 0. The van der Waals surface area contributed by atoms with E-state index in [4.69, 9.17) is 5.73 Å². The smallest absolute Gasteiger partial charge is 0.231 e. The first kappa shape index (κ1) is 13.8. The third kappa shape index (κ3) is 2.84. The van der Waals surface area contributed by atoms with Crippen molar-refractivity contribution in [2.24, 2.45) is 11.7 Å². The van der Waals surface area contributed by atoms with E-state index in [1.807, 2.05) is 4.90 Å². The number of carbonyl (C=O) groups excluding carboxylic acids is 1. The molecular weight excluding hydrogens is 270 g/mol. The Hall–Kier alpha value is -2.12.